The minimum Gasteiger partial charge on any atom is -0.487 e. The fourth-order valence-electron chi connectivity index (χ4n) is 3.54. The van der Waals surface area contributed by atoms with E-state index in [0.717, 1.165) is 4.47 Å². The maximum absolute atomic E-state index is 13.3. The minimum atomic E-state index is -0.999. The Hall–Kier alpha value is -3.49. The van der Waals surface area contributed by atoms with Crippen LogP contribution in [0.3, 0.4) is 0 Å². The SMILES string of the molecule is CC(C)(C)c1nc2ccc(Br)cc2c(=O)n1N=Cc1ccc(OCc2cccc(C(=O)O)c2)c(Cl)c1. The molecule has 36 heavy (non-hydrogen) atoms. The summed E-state index contributed by atoms with van der Waals surface area (Å²) in [5, 5.41) is 14.4. The fraction of sp³-hybridized carbons (Fsp3) is 0.185. The molecule has 0 bridgehead atoms. The van der Waals surface area contributed by atoms with Gasteiger partial charge in [-0.25, -0.2) is 9.78 Å². The van der Waals surface area contributed by atoms with E-state index in [1.807, 2.05) is 26.8 Å². The monoisotopic (exact) mass is 567 g/mol. The Morgan fingerprint density at radius 1 is 1.17 bits per heavy atom. The lowest BCUT2D eigenvalue weighted by atomic mass is 9.95. The molecule has 0 unspecified atom stereocenters. The van der Waals surface area contributed by atoms with Crippen LogP contribution in [0.15, 0.2) is 75.0 Å². The van der Waals surface area contributed by atoms with Gasteiger partial charge in [-0.15, -0.1) is 0 Å². The zero-order valence-electron chi connectivity index (χ0n) is 19.8. The molecule has 0 aliphatic carbocycles. The molecule has 0 aliphatic heterocycles. The van der Waals surface area contributed by atoms with E-state index in [0.29, 0.717) is 38.6 Å². The second-order valence-electron chi connectivity index (χ2n) is 9.19. The van der Waals surface area contributed by atoms with Gasteiger partial charge in [-0.2, -0.15) is 9.78 Å². The summed E-state index contributed by atoms with van der Waals surface area (Å²) in [4.78, 5) is 29.1. The van der Waals surface area contributed by atoms with Crippen LogP contribution in [0, 0.1) is 0 Å². The molecule has 1 aromatic heterocycles. The van der Waals surface area contributed by atoms with E-state index in [1.54, 1.807) is 54.7 Å². The first-order valence-electron chi connectivity index (χ1n) is 11.0. The minimum absolute atomic E-state index is 0.164. The summed E-state index contributed by atoms with van der Waals surface area (Å²) in [6, 6.07) is 17.1. The van der Waals surface area contributed by atoms with E-state index >= 15 is 0 Å². The van der Waals surface area contributed by atoms with Crippen LogP contribution in [-0.4, -0.2) is 27.0 Å². The molecule has 9 heteroatoms. The number of hydrogen-bond donors (Lipinski definition) is 1. The number of carbonyl (C=O) groups is 1. The van der Waals surface area contributed by atoms with Gasteiger partial charge in [-0.05, 0) is 59.7 Å². The quantitative estimate of drug-likeness (QED) is 0.277. The molecule has 7 nitrogen and oxygen atoms in total. The average molecular weight is 569 g/mol. The van der Waals surface area contributed by atoms with Crippen molar-refractivity contribution in [1.82, 2.24) is 9.66 Å². The number of aromatic carboxylic acids is 1. The van der Waals surface area contributed by atoms with Crippen LogP contribution in [0.4, 0.5) is 0 Å². The predicted molar refractivity (Wildman–Crippen MR) is 145 cm³/mol. The summed E-state index contributed by atoms with van der Waals surface area (Å²) in [7, 11) is 0. The summed E-state index contributed by atoms with van der Waals surface area (Å²) < 4.78 is 7.88. The second kappa shape index (κ2) is 10.2. The lowest BCUT2D eigenvalue weighted by molar-refractivity contribution is 0.0696. The van der Waals surface area contributed by atoms with Gasteiger partial charge < -0.3 is 9.84 Å². The number of aromatic nitrogens is 2. The van der Waals surface area contributed by atoms with Crippen molar-refractivity contribution in [2.75, 3.05) is 0 Å². The van der Waals surface area contributed by atoms with Crippen molar-refractivity contribution in [2.45, 2.75) is 32.8 Å². The third kappa shape index (κ3) is 5.66. The lowest BCUT2D eigenvalue weighted by Crippen LogP contribution is -2.29. The van der Waals surface area contributed by atoms with Gasteiger partial charge in [-0.1, -0.05) is 60.4 Å². The number of nitrogens with zero attached hydrogens (tertiary/aromatic N) is 3. The van der Waals surface area contributed by atoms with Gasteiger partial charge in [0.05, 0.1) is 27.7 Å². The Morgan fingerprint density at radius 3 is 2.64 bits per heavy atom. The second-order valence-corrected chi connectivity index (χ2v) is 10.5. The van der Waals surface area contributed by atoms with Gasteiger partial charge in [0.2, 0.25) is 0 Å². The van der Waals surface area contributed by atoms with E-state index in [4.69, 9.17) is 26.4 Å². The first-order chi connectivity index (χ1) is 17.0. The number of halogens is 2. The molecule has 1 heterocycles. The largest absolute Gasteiger partial charge is 0.487 e. The topological polar surface area (TPSA) is 93.8 Å². The van der Waals surface area contributed by atoms with E-state index in [2.05, 4.69) is 21.0 Å². The molecular formula is C27H23BrClN3O4. The highest BCUT2D eigenvalue weighted by atomic mass is 79.9. The summed E-state index contributed by atoms with van der Waals surface area (Å²) in [6.45, 7) is 6.08. The van der Waals surface area contributed by atoms with Crippen molar-refractivity contribution in [3.63, 3.8) is 0 Å². The Kier molecular flexibility index (Phi) is 7.28. The van der Waals surface area contributed by atoms with Crippen molar-refractivity contribution in [2.24, 2.45) is 5.10 Å². The van der Waals surface area contributed by atoms with E-state index in [-0.39, 0.29) is 17.7 Å². The molecule has 184 valence electrons. The highest BCUT2D eigenvalue weighted by Crippen LogP contribution is 2.27. The van der Waals surface area contributed by atoms with E-state index in [9.17, 15) is 9.59 Å². The molecule has 0 saturated heterocycles. The molecule has 0 spiro atoms. The van der Waals surface area contributed by atoms with Gasteiger partial charge in [0.25, 0.3) is 5.56 Å². The molecule has 1 N–H and O–H groups in total. The number of hydrogen-bond acceptors (Lipinski definition) is 5. The van der Waals surface area contributed by atoms with Crippen LogP contribution in [-0.2, 0) is 12.0 Å². The Morgan fingerprint density at radius 2 is 1.94 bits per heavy atom. The number of carboxylic acid groups (broad SMARTS) is 1. The van der Waals surface area contributed by atoms with Gasteiger partial charge in [0, 0.05) is 9.89 Å². The van der Waals surface area contributed by atoms with Gasteiger partial charge in [0.1, 0.15) is 18.2 Å². The molecule has 0 amide bonds. The number of carboxylic acids is 1. The van der Waals surface area contributed by atoms with Crippen LogP contribution in [0.1, 0.15) is 48.1 Å². The molecule has 0 aliphatic rings. The predicted octanol–water partition coefficient (Wildman–Crippen LogP) is 6.27. The number of fused-ring (bicyclic) bond motifs is 1. The Bertz CT molecular complexity index is 1560. The van der Waals surface area contributed by atoms with E-state index < -0.39 is 11.4 Å². The summed E-state index contributed by atoms with van der Waals surface area (Å²) in [5.41, 5.74) is 1.48. The highest BCUT2D eigenvalue weighted by Gasteiger charge is 2.23. The van der Waals surface area contributed by atoms with Crippen molar-refractivity contribution in [3.8, 4) is 5.75 Å². The van der Waals surface area contributed by atoms with Crippen LogP contribution in [0.25, 0.3) is 10.9 Å². The molecule has 0 atom stereocenters. The van der Waals surface area contributed by atoms with Crippen molar-refractivity contribution in [3.05, 3.63) is 103 Å². The van der Waals surface area contributed by atoms with Gasteiger partial charge in [0.15, 0.2) is 0 Å². The summed E-state index contributed by atoms with van der Waals surface area (Å²) in [6.07, 6.45) is 1.55. The third-order valence-corrected chi connectivity index (χ3v) is 6.11. The first-order valence-corrected chi connectivity index (χ1v) is 12.2. The first kappa shape index (κ1) is 25.6. The maximum Gasteiger partial charge on any atom is 0.335 e. The van der Waals surface area contributed by atoms with Gasteiger partial charge in [-0.3, -0.25) is 4.79 Å². The Labute approximate surface area is 221 Å². The standard InChI is InChI=1S/C27H23BrClN3O4/c1-27(2,3)26-31-22-9-8-19(28)13-20(22)24(33)32(26)30-14-16-7-10-23(21(29)12-16)36-15-17-5-4-6-18(11-17)25(34)35/h4-14H,15H2,1-3H3,(H,34,35). The smallest absolute Gasteiger partial charge is 0.335 e. The van der Waals surface area contributed by atoms with Crippen molar-refractivity contribution < 1.29 is 14.6 Å². The van der Waals surface area contributed by atoms with Crippen LogP contribution >= 0.6 is 27.5 Å². The zero-order chi connectivity index (χ0) is 26.0. The zero-order valence-corrected chi connectivity index (χ0v) is 22.2. The van der Waals surface area contributed by atoms with E-state index in [1.165, 1.54) is 10.7 Å². The molecule has 0 saturated carbocycles. The summed E-state index contributed by atoms with van der Waals surface area (Å²) in [5.74, 6) is -0.0194. The maximum atomic E-state index is 13.3. The Balaban J connectivity index is 1.61. The van der Waals surface area contributed by atoms with Crippen LogP contribution in [0.2, 0.25) is 5.02 Å². The number of ether oxygens (including phenoxy) is 1. The lowest BCUT2D eigenvalue weighted by Gasteiger charge is -2.20. The molecule has 0 radical (unpaired) electrons. The summed E-state index contributed by atoms with van der Waals surface area (Å²) >= 11 is 9.83. The third-order valence-electron chi connectivity index (χ3n) is 5.33. The molecule has 4 rings (SSSR count). The molecule has 3 aromatic carbocycles. The number of benzene rings is 3. The van der Waals surface area contributed by atoms with Crippen molar-refractivity contribution >= 4 is 50.6 Å². The van der Waals surface area contributed by atoms with Crippen LogP contribution in [0.5, 0.6) is 5.75 Å². The van der Waals surface area contributed by atoms with Gasteiger partial charge >= 0.3 is 5.97 Å². The molecule has 0 fully saturated rings. The molecular weight excluding hydrogens is 546 g/mol. The fourth-order valence-corrected chi connectivity index (χ4v) is 4.14. The number of rotatable bonds is 6. The normalized spacial score (nSPS) is 11.8. The highest BCUT2D eigenvalue weighted by molar-refractivity contribution is 9.10. The average Bonchev–Trinajstić information content (AvgIpc) is 2.82. The molecule has 4 aromatic rings. The van der Waals surface area contributed by atoms with Crippen molar-refractivity contribution in [1.29, 1.82) is 0 Å². The van der Waals surface area contributed by atoms with Crippen LogP contribution < -0.4 is 10.3 Å².